The second-order valence-electron chi connectivity index (χ2n) is 6.38. The van der Waals surface area contributed by atoms with Crippen molar-refractivity contribution < 1.29 is 27.9 Å². The molecule has 0 bridgehead atoms. The Hall–Kier alpha value is -1.26. The number of carbonyl (C=O) groups is 2. The number of nitrogens with one attached hydrogen (secondary N) is 1. The minimum atomic E-state index is -3.44. The Balaban J connectivity index is 2.51. The van der Waals surface area contributed by atoms with Gasteiger partial charge in [0.2, 0.25) is 0 Å². The molecule has 2 N–H and O–H groups in total. The van der Waals surface area contributed by atoms with Crippen molar-refractivity contribution in [2.75, 3.05) is 17.3 Å². The molecule has 0 fully saturated rings. The summed E-state index contributed by atoms with van der Waals surface area (Å²) in [6.45, 7) is 5.01. The number of carboxylic acid groups (broad SMARTS) is 1. The Labute approximate surface area is 165 Å². The summed E-state index contributed by atoms with van der Waals surface area (Å²) in [4.78, 5) is 23.1. The summed E-state index contributed by atoms with van der Waals surface area (Å²) < 4.78 is 30.2. The van der Waals surface area contributed by atoms with Crippen LogP contribution in [0.5, 0.6) is 0 Å². The molecule has 0 radical (unpaired) electrons. The van der Waals surface area contributed by atoms with Crippen molar-refractivity contribution in [3.05, 3.63) is 28.7 Å². The van der Waals surface area contributed by atoms with E-state index >= 15 is 0 Å². The van der Waals surface area contributed by atoms with E-state index in [1.165, 1.54) is 12.1 Å². The zero-order valence-corrected chi connectivity index (χ0v) is 17.9. The van der Waals surface area contributed by atoms with Crippen molar-refractivity contribution in [1.29, 1.82) is 0 Å². The van der Waals surface area contributed by atoms with Crippen molar-refractivity contribution in [3.8, 4) is 0 Å². The van der Waals surface area contributed by atoms with Crippen molar-refractivity contribution in [3.63, 3.8) is 0 Å². The minimum absolute atomic E-state index is 0.0322. The standard InChI is InChI=1S/C16H22BrNO6S2/c1-16(2,3)24-15(21)18-13(14(19)20)10-25-8-9-26(22,23)12-6-4-11(17)5-7-12/h4-7,13H,8-10H2,1-3H3,(H,18,21)(H,19,20). The highest BCUT2D eigenvalue weighted by atomic mass is 79.9. The Morgan fingerprint density at radius 3 is 2.35 bits per heavy atom. The number of thioether (sulfide) groups is 1. The van der Waals surface area contributed by atoms with Gasteiger partial charge in [-0.15, -0.1) is 0 Å². The van der Waals surface area contributed by atoms with Crippen LogP contribution in [0.4, 0.5) is 4.79 Å². The monoisotopic (exact) mass is 467 g/mol. The van der Waals surface area contributed by atoms with Gasteiger partial charge in [-0.1, -0.05) is 15.9 Å². The Morgan fingerprint density at radius 2 is 1.85 bits per heavy atom. The van der Waals surface area contributed by atoms with E-state index < -0.39 is 33.5 Å². The third kappa shape index (κ3) is 8.41. The zero-order chi connectivity index (χ0) is 20.0. The molecule has 1 atom stereocenters. The third-order valence-corrected chi connectivity index (χ3v) is 6.52. The molecule has 10 heteroatoms. The van der Waals surface area contributed by atoms with Crippen LogP contribution in [0.3, 0.4) is 0 Å². The fraction of sp³-hybridized carbons (Fsp3) is 0.500. The number of alkyl carbamates (subject to hydrolysis) is 1. The maximum atomic E-state index is 12.2. The van der Waals surface area contributed by atoms with E-state index in [0.717, 1.165) is 16.2 Å². The minimum Gasteiger partial charge on any atom is -0.480 e. The fourth-order valence-electron chi connectivity index (χ4n) is 1.75. The molecule has 0 aliphatic rings. The van der Waals surface area contributed by atoms with Gasteiger partial charge < -0.3 is 15.2 Å². The van der Waals surface area contributed by atoms with Gasteiger partial charge in [-0.2, -0.15) is 11.8 Å². The second kappa shape index (κ2) is 9.61. The van der Waals surface area contributed by atoms with Gasteiger partial charge in [0, 0.05) is 16.0 Å². The number of carbonyl (C=O) groups excluding carboxylic acids is 1. The van der Waals surface area contributed by atoms with Crippen LogP contribution in [0.2, 0.25) is 0 Å². The molecule has 0 saturated heterocycles. The highest BCUT2D eigenvalue weighted by Crippen LogP contribution is 2.17. The molecule has 1 unspecified atom stereocenters. The summed E-state index contributed by atoms with van der Waals surface area (Å²) in [5.41, 5.74) is -0.737. The molecule has 146 valence electrons. The summed E-state index contributed by atoms with van der Waals surface area (Å²) in [6, 6.07) is 5.14. The molecule has 7 nitrogen and oxygen atoms in total. The molecule has 0 aliphatic heterocycles. The van der Waals surface area contributed by atoms with E-state index in [2.05, 4.69) is 21.2 Å². The number of amides is 1. The van der Waals surface area contributed by atoms with E-state index in [4.69, 9.17) is 4.74 Å². The summed E-state index contributed by atoms with van der Waals surface area (Å²) in [5, 5.41) is 11.4. The molecule has 0 aliphatic carbocycles. The predicted octanol–water partition coefficient (Wildman–Crippen LogP) is 2.93. The van der Waals surface area contributed by atoms with E-state index in [-0.39, 0.29) is 22.2 Å². The number of halogens is 1. The molecule has 1 rings (SSSR count). The Morgan fingerprint density at radius 1 is 1.27 bits per heavy atom. The molecule has 1 aromatic carbocycles. The van der Waals surface area contributed by atoms with E-state index in [0.29, 0.717) is 0 Å². The number of hydrogen-bond acceptors (Lipinski definition) is 6. The first kappa shape index (κ1) is 22.8. The van der Waals surface area contributed by atoms with Crippen LogP contribution in [-0.4, -0.2) is 54.5 Å². The highest BCUT2D eigenvalue weighted by molar-refractivity contribution is 9.10. The SMILES string of the molecule is CC(C)(C)OC(=O)NC(CSCCS(=O)(=O)c1ccc(Br)cc1)C(=O)O. The molecule has 0 aromatic heterocycles. The third-order valence-electron chi connectivity index (χ3n) is 2.94. The Bertz CT molecular complexity index is 728. The molecule has 0 spiro atoms. The lowest BCUT2D eigenvalue weighted by molar-refractivity contribution is -0.138. The first-order valence-electron chi connectivity index (χ1n) is 7.69. The van der Waals surface area contributed by atoms with Crippen molar-refractivity contribution in [2.24, 2.45) is 0 Å². The first-order chi connectivity index (χ1) is 11.9. The molecule has 1 aromatic rings. The van der Waals surface area contributed by atoms with Crippen LogP contribution in [-0.2, 0) is 19.4 Å². The molecule has 0 saturated carbocycles. The summed E-state index contributed by atoms with van der Waals surface area (Å²) in [5.74, 6) is -1.10. The average Bonchev–Trinajstić information content (AvgIpc) is 2.48. The number of ether oxygens (including phenoxy) is 1. The van der Waals surface area contributed by atoms with Crippen LogP contribution in [0.25, 0.3) is 0 Å². The van der Waals surface area contributed by atoms with Gasteiger partial charge >= 0.3 is 12.1 Å². The number of hydrogen-bond donors (Lipinski definition) is 2. The topological polar surface area (TPSA) is 110 Å². The second-order valence-corrected chi connectivity index (χ2v) is 10.6. The van der Waals surface area contributed by atoms with Gasteiger partial charge in [-0.3, -0.25) is 0 Å². The molecule has 26 heavy (non-hydrogen) atoms. The lowest BCUT2D eigenvalue weighted by atomic mass is 10.2. The van der Waals surface area contributed by atoms with Gasteiger partial charge in [0.1, 0.15) is 11.6 Å². The van der Waals surface area contributed by atoms with E-state index in [1.54, 1.807) is 32.9 Å². The maximum absolute atomic E-state index is 12.2. The number of rotatable bonds is 8. The quantitative estimate of drug-likeness (QED) is 0.565. The van der Waals surface area contributed by atoms with Gasteiger partial charge in [-0.05, 0) is 45.0 Å². The van der Waals surface area contributed by atoms with Crippen LogP contribution >= 0.6 is 27.7 Å². The molecular formula is C16H22BrNO6S2. The largest absolute Gasteiger partial charge is 0.480 e. The van der Waals surface area contributed by atoms with Crippen molar-refractivity contribution in [1.82, 2.24) is 5.32 Å². The van der Waals surface area contributed by atoms with Gasteiger partial charge in [-0.25, -0.2) is 18.0 Å². The zero-order valence-electron chi connectivity index (χ0n) is 14.7. The van der Waals surface area contributed by atoms with Crippen molar-refractivity contribution in [2.45, 2.75) is 37.3 Å². The van der Waals surface area contributed by atoms with Crippen molar-refractivity contribution >= 4 is 49.6 Å². The van der Waals surface area contributed by atoms with E-state index in [1.807, 2.05) is 0 Å². The van der Waals surface area contributed by atoms with E-state index in [9.17, 15) is 23.1 Å². The summed E-state index contributed by atoms with van der Waals surface area (Å²) in [7, 11) is -3.44. The van der Waals surface area contributed by atoms with Crippen LogP contribution in [0.1, 0.15) is 20.8 Å². The number of aliphatic carboxylic acids is 1. The predicted molar refractivity (Wildman–Crippen MR) is 104 cm³/mol. The van der Waals surface area contributed by atoms with Gasteiger partial charge in [0.05, 0.1) is 10.6 Å². The lowest BCUT2D eigenvalue weighted by Gasteiger charge is -2.21. The molecular weight excluding hydrogens is 446 g/mol. The number of sulfone groups is 1. The summed E-state index contributed by atoms with van der Waals surface area (Å²) >= 11 is 4.38. The van der Waals surface area contributed by atoms with Crippen LogP contribution in [0.15, 0.2) is 33.6 Å². The fourth-order valence-corrected chi connectivity index (χ4v) is 4.78. The number of benzene rings is 1. The smallest absolute Gasteiger partial charge is 0.408 e. The average molecular weight is 468 g/mol. The van der Waals surface area contributed by atoms with Crippen LogP contribution < -0.4 is 5.32 Å². The lowest BCUT2D eigenvalue weighted by Crippen LogP contribution is -2.45. The van der Waals surface area contributed by atoms with Gasteiger partial charge in [0.15, 0.2) is 9.84 Å². The molecule has 1 amide bonds. The maximum Gasteiger partial charge on any atom is 0.408 e. The van der Waals surface area contributed by atoms with Gasteiger partial charge in [0.25, 0.3) is 0 Å². The Kier molecular flexibility index (Phi) is 8.42. The molecule has 0 heterocycles. The summed E-state index contributed by atoms with van der Waals surface area (Å²) in [6.07, 6.45) is -0.826. The van der Waals surface area contributed by atoms with Crippen LogP contribution in [0, 0.1) is 0 Å². The first-order valence-corrected chi connectivity index (χ1v) is 11.3. The normalized spacial score (nSPS) is 13.1. The highest BCUT2D eigenvalue weighted by Gasteiger charge is 2.24. The number of carboxylic acids is 1.